The number of alkyl halides is 2. The first-order valence-electron chi connectivity index (χ1n) is 8.60. The molecule has 0 radical (unpaired) electrons. The number of nitrogens with zero attached hydrogens (tertiary/aromatic N) is 1. The van der Waals surface area contributed by atoms with Crippen molar-refractivity contribution in [3.63, 3.8) is 0 Å². The van der Waals surface area contributed by atoms with E-state index in [1.54, 1.807) is 12.1 Å². The molecule has 2 atom stereocenters. The summed E-state index contributed by atoms with van der Waals surface area (Å²) in [5.74, 6) is -2.19. The molecular weight excluding hydrogens is 316 g/mol. The predicted octanol–water partition coefficient (Wildman–Crippen LogP) is 3.39. The summed E-state index contributed by atoms with van der Waals surface area (Å²) in [7, 11) is 0. The summed E-state index contributed by atoms with van der Waals surface area (Å²) in [6.07, 6.45) is 3.74. The topological polar surface area (TPSA) is 38.8 Å². The molecule has 24 heavy (non-hydrogen) atoms. The zero-order valence-electron chi connectivity index (χ0n) is 13.5. The number of esters is 1. The predicted molar refractivity (Wildman–Crippen MR) is 83.4 cm³/mol. The summed E-state index contributed by atoms with van der Waals surface area (Å²) < 4.78 is 38.3. The van der Waals surface area contributed by atoms with Crippen LogP contribution >= 0.6 is 0 Å². The van der Waals surface area contributed by atoms with Gasteiger partial charge in [0.05, 0.1) is 12.1 Å². The number of hydrogen-bond donors (Lipinski definition) is 0. The van der Waals surface area contributed by atoms with E-state index < -0.39 is 5.92 Å². The van der Waals surface area contributed by atoms with Gasteiger partial charge >= 0.3 is 5.97 Å². The highest BCUT2D eigenvalue weighted by molar-refractivity contribution is 5.93. The number of rotatable bonds is 3. The first kappa shape index (κ1) is 15.8. The van der Waals surface area contributed by atoms with E-state index >= 15 is 0 Å². The van der Waals surface area contributed by atoms with Crippen LogP contribution in [0.1, 0.15) is 48.0 Å². The van der Waals surface area contributed by atoms with Crippen LogP contribution in [-0.4, -0.2) is 42.0 Å². The van der Waals surface area contributed by atoms with Crippen LogP contribution in [0.4, 0.5) is 8.78 Å². The highest BCUT2D eigenvalue weighted by Gasteiger charge is 2.43. The minimum absolute atomic E-state index is 0.0401. The lowest BCUT2D eigenvalue weighted by atomic mass is 9.91. The van der Waals surface area contributed by atoms with Gasteiger partial charge in [-0.25, -0.2) is 13.6 Å². The third kappa shape index (κ3) is 2.99. The number of carbonyl (C=O) groups is 1. The van der Waals surface area contributed by atoms with Gasteiger partial charge in [0.15, 0.2) is 0 Å². The van der Waals surface area contributed by atoms with Gasteiger partial charge in [0, 0.05) is 24.6 Å². The molecule has 4 nitrogen and oxygen atoms in total. The Balaban J connectivity index is 1.49. The van der Waals surface area contributed by atoms with E-state index in [1.165, 1.54) is 0 Å². The Morgan fingerprint density at radius 1 is 1.25 bits per heavy atom. The number of halogens is 2. The second kappa shape index (κ2) is 5.99. The van der Waals surface area contributed by atoms with Gasteiger partial charge in [-0.15, -0.1) is 0 Å². The van der Waals surface area contributed by atoms with Crippen molar-refractivity contribution in [1.29, 1.82) is 0 Å². The number of likely N-dealkylation sites (tertiary alicyclic amines) is 1. The lowest BCUT2D eigenvalue weighted by molar-refractivity contribution is -0.00972. The van der Waals surface area contributed by atoms with Crippen molar-refractivity contribution in [3.8, 4) is 5.75 Å². The first-order chi connectivity index (χ1) is 11.5. The Bertz CT molecular complexity index is 649. The molecule has 2 aliphatic heterocycles. The molecule has 0 bridgehead atoms. The largest absolute Gasteiger partial charge is 0.489 e. The molecule has 1 saturated carbocycles. The number of ether oxygens (including phenoxy) is 2. The summed E-state index contributed by atoms with van der Waals surface area (Å²) in [5.41, 5.74) is 1.42. The van der Waals surface area contributed by atoms with Crippen LogP contribution in [0.15, 0.2) is 18.2 Å². The summed E-state index contributed by atoms with van der Waals surface area (Å²) >= 11 is 0. The summed E-state index contributed by atoms with van der Waals surface area (Å²) in [6.45, 7) is 0.548. The second-order valence-electron chi connectivity index (χ2n) is 6.98. The molecule has 6 heteroatoms. The highest BCUT2D eigenvalue weighted by atomic mass is 19.3. The molecule has 1 aliphatic carbocycles. The van der Waals surface area contributed by atoms with Crippen LogP contribution in [0.25, 0.3) is 0 Å². The maximum absolute atomic E-state index is 13.6. The molecule has 0 spiro atoms. The Morgan fingerprint density at radius 3 is 2.88 bits per heavy atom. The number of fused-ring (bicyclic) bond motifs is 1. The molecule has 0 N–H and O–H groups in total. The van der Waals surface area contributed by atoms with E-state index in [1.807, 2.05) is 11.0 Å². The van der Waals surface area contributed by atoms with Gasteiger partial charge in [-0.2, -0.15) is 0 Å². The van der Waals surface area contributed by atoms with Crippen LogP contribution in [0.3, 0.4) is 0 Å². The quantitative estimate of drug-likeness (QED) is 0.793. The highest BCUT2D eigenvalue weighted by Crippen LogP contribution is 2.35. The second-order valence-corrected chi connectivity index (χ2v) is 6.98. The van der Waals surface area contributed by atoms with Crippen LogP contribution in [-0.2, 0) is 11.3 Å². The van der Waals surface area contributed by atoms with Crippen LogP contribution < -0.4 is 4.74 Å². The number of carbonyl (C=O) groups excluding carboxylic acids is 1. The Kier molecular flexibility index (Phi) is 3.95. The molecule has 2 heterocycles. The fourth-order valence-corrected chi connectivity index (χ4v) is 4.04. The fraction of sp³-hybridized carbons (Fsp3) is 0.611. The SMILES string of the molecule is O=C1OCc2cc(OC3CCCCC3N3CCC(F)(F)C3)ccc21. The third-order valence-corrected chi connectivity index (χ3v) is 5.28. The van der Waals surface area contributed by atoms with Crippen LogP contribution in [0.2, 0.25) is 0 Å². The van der Waals surface area contributed by atoms with Crippen molar-refractivity contribution < 1.29 is 23.0 Å². The van der Waals surface area contributed by atoms with Crippen molar-refractivity contribution in [2.45, 2.75) is 56.8 Å². The summed E-state index contributed by atoms with van der Waals surface area (Å²) in [6, 6.07) is 5.38. The molecule has 0 amide bonds. The van der Waals surface area contributed by atoms with Gasteiger partial charge in [-0.3, -0.25) is 4.90 Å². The van der Waals surface area contributed by atoms with E-state index in [0.29, 0.717) is 17.9 Å². The molecule has 1 aromatic carbocycles. The lowest BCUT2D eigenvalue weighted by Gasteiger charge is -2.37. The molecule has 1 saturated heterocycles. The smallest absolute Gasteiger partial charge is 0.338 e. The van der Waals surface area contributed by atoms with Crippen molar-refractivity contribution in [2.75, 3.05) is 13.1 Å². The van der Waals surface area contributed by atoms with Gasteiger partial charge in [-0.1, -0.05) is 6.42 Å². The monoisotopic (exact) mass is 337 g/mol. The lowest BCUT2D eigenvalue weighted by Crippen LogP contribution is -2.47. The average molecular weight is 337 g/mol. The first-order valence-corrected chi connectivity index (χ1v) is 8.60. The minimum Gasteiger partial charge on any atom is -0.489 e. The molecule has 3 aliphatic rings. The minimum atomic E-state index is -2.58. The number of hydrogen-bond acceptors (Lipinski definition) is 4. The van der Waals surface area contributed by atoms with Crippen LogP contribution in [0, 0.1) is 0 Å². The number of cyclic esters (lactones) is 1. The molecule has 2 fully saturated rings. The van der Waals surface area contributed by atoms with Gasteiger partial charge < -0.3 is 9.47 Å². The van der Waals surface area contributed by atoms with Crippen molar-refractivity contribution in [3.05, 3.63) is 29.3 Å². The molecule has 2 unspecified atom stereocenters. The van der Waals surface area contributed by atoms with E-state index in [9.17, 15) is 13.6 Å². The van der Waals surface area contributed by atoms with Crippen molar-refractivity contribution >= 4 is 5.97 Å². The maximum atomic E-state index is 13.6. The molecule has 1 aromatic rings. The van der Waals surface area contributed by atoms with E-state index in [4.69, 9.17) is 9.47 Å². The third-order valence-electron chi connectivity index (χ3n) is 5.28. The van der Waals surface area contributed by atoms with E-state index in [2.05, 4.69) is 0 Å². The van der Waals surface area contributed by atoms with Gasteiger partial charge in [-0.05, 0) is 37.5 Å². The van der Waals surface area contributed by atoms with Crippen LogP contribution in [0.5, 0.6) is 5.75 Å². The van der Waals surface area contributed by atoms with Gasteiger partial charge in [0.25, 0.3) is 5.92 Å². The summed E-state index contributed by atoms with van der Waals surface area (Å²) in [5, 5.41) is 0. The fourth-order valence-electron chi connectivity index (χ4n) is 4.04. The molecule has 0 aromatic heterocycles. The summed E-state index contributed by atoms with van der Waals surface area (Å²) in [4.78, 5) is 13.4. The Hall–Kier alpha value is -1.69. The Labute approximate surface area is 139 Å². The average Bonchev–Trinajstić information content (AvgIpc) is 3.10. The van der Waals surface area contributed by atoms with Crippen molar-refractivity contribution in [2.24, 2.45) is 0 Å². The van der Waals surface area contributed by atoms with Gasteiger partial charge in [0.2, 0.25) is 0 Å². The van der Waals surface area contributed by atoms with Gasteiger partial charge in [0.1, 0.15) is 18.5 Å². The standard InChI is InChI=1S/C18H21F2NO3/c19-18(20)7-8-21(11-18)15-3-1-2-4-16(15)24-13-5-6-14-12(9-13)10-23-17(14)22/h5-6,9,15-16H,1-4,7-8,10-11H2. The maximum Gasteiger partial charge on any atom is 0.338 e. The zero-order chi connectivity index (χ0) is 16.7. The zero-order valence-corrected chi connectivity index (χ0v) is 13.5. The Morgan fingerprint density at radius 2 is 2.08 bits per heavy atom. The van der Waals surface area contributed by atoms with Crippen molar-refractivity contribution in [1.82, 2.24) is 4.90 Å². The number of benzene rings is 1. The molecule has 130 valence electrons. The molecule has 4 rings (SSSR count). The molecular formula is C18H21F2NO3. The normalized spacial score (nSPS) is 29.3. The van der Waals surface area contributed by atoms with E-state index in [0.717, 1.165) is 31.2 Å². The van der Waals surface area contributed by atoms with E-state index in [-0.39, 0.29) is 37.7 Å².